The summed E-state index contributed by atoms with van der Waals surface area (Å²) in [6, 6.07) is -0.604. The Hall–Kier alpha value is -0.810. The van der Waals surface area contributed by atoms with Crippen LogP contribution in [0, 0.1) is 0 Å². The van der Waals surface area contributed by atoms with Crippen molar-refractivity contribution in [1.29, 1.82) is 0 Å². The molecule has 3 N–H and O–H groups in total. The zero-order valence-corrected chi connectivity index (χ0v) is 6.28. The lowest BCUT2D eigenvalue weighted by Crippen LogP contribution is -2.37. The number of nitrogens with two attached hydrogens (primary N) is 1. The number of rotatable bonds is 2. The fourth-order valence-electron chi connectivity index (χ4n) is 0.734. The van der Waals surface area contributed by atoms with Crippen molar-refractivity contribution in [2.75, 3.05) is 0 Å². The molecule has 5 nitrogen and oxygen atoms in total. The normalized spacial score (nSPS) is 29.5. The Labute approximate surface area is 67.8 Å². The van der Waals surface area contributed by atoms with Crippen LogP contribution in [0.15, 0.2) is 5.16 Å². The number of halogens is 1. The Balaban J connectivity index is 2.47. The van der Waals surface area contributed by atoms with Gasteiger partial charge in [0.15, 0.2) is 11.3 Å². The van der Waals surface area contributed by atoms with E-state index in [1.165, 1.54) is 0 Å². The average molecular weight is 179 g/mol. The summed E-state index contributed by atoms with van der Waals surface area (Å²) in [5.41, 5.74) is 5.42. The topological polar surface area (TPSA) is 84.9 Å². The number of carboxylic acid groups (broad SMARTS) is 1. The molecule has 1 aliphatic heterocycles. The van der Waals surface area contributed by atoms with E-state index in [1.807, 2.05) is 0 Å². The molecule has 0 saturated carbocycles. The molecule has 2 unspecified atom stereocenters. The minimum absolute atomic E-state index is 0.122. The van der Waals surface area contributed by atoms with Gasteiger partial charge >= 0.3 is 5.97 Å². The number of carboxylic acids is 1. The summed E-state index contributed by atoms with van der Waals surface area (Å²) in [6.45, 7) is 0. The minimum atomic E-state index is -0.980. The fourth-order valence-corrected chi connectivity index (χ4v) is 0.915. The second-order valence-corrected chi connectivity index (χ2v) is 2.57. The van der Waals surface area contributed by atoms with Gasteiger partial charge in [-0.3, -0.25) is 4.79 Å². The highest BCUT2D eigenvalue weighted by molar-refractivity contribution is 6.66. The lowest BCUT2D eigenvalue weighted by Gasteiger charge is -2.09. The van der Waals surface area contributed by atoms with E-state index < -0.39 is 18.1 Å². The Kier molecular flexibility index (Phi) is 2.31. The van der Waals surface area contributed by atoms with E-state index in [2.05, 4.69) is 9.99 Å². The first-order valence-corrected chi connectivity index (χ1v) is 3.35. The Morgan fingerprint density at radius 1 is 1.91 bits per heavy atom. The number of oxime groups is 1. The average Bonchev–Trinajstić information content (AvgIpc) is 2.18. The summed E-state index contributed by atoms with van der Waals surface area (Å²) in [7, 11) is 0. The summed E-state index contributed by atoms with van der Waals surface area (Å²) in [4.78, 5) is 14.8. The van der Waals surface area contributed by atoms with Crippen LogP contribution in [0.2, 0.25) is 0 Å². The first-order chi connectivity index (χ1) is 5.11. The van der Waals surface area contributed by atoms with Crippen LogP contribution in [0.1, 0.15) is 6.42 Å². The minimum Gasteiger partial charge on any atom is -0.481 e. The molecule has 62 valence electrons. The molecule has 0 aliphatic carbocycles. The number of aliphatic carboxylic acids is 1. The lowest BCUT2D eigenvalue weighted by atomic mass is 10.1. The van der Waals surface area contributed by atoms with E-state index in [1.54, 1.807) is 0 Å². The molecule has 0 aromatic carbocycles. The molecule has 0 bridgehead atoms. The highest BCUT2D eigenvalue weighted by atomic mass is 35.5. The van der Waals surface area contributed by atoms with Gasteiger partial charge in [-0.1, -0.05) is 16.8 Å². The molecule has 2 atom stereocenters. The maximum absolute atomic E-state index is 10.2. The van der Waals surface area contributed by atoms with Gasteiger partial charge < -0.3 is 15.7 Å². The third-order valence-electron chi connectivity index (χ3n) is 1.33. The number of hydrogen-bond acceptors (Lipinski definition) is 4. The summed E-state index contributed by atoms with van der Waals surface area (Å²) < 4.78 is 0. The smallest absolute Gasteiger partial charge is 0.307 e. The molecular formula is C5H7ClN2O3. The van der Waals surface area contributed by atoms with Crippen molar-refractivity contribution >= 4 is 22.7 Å². The van der Waals surface area contributed by atoms with Gasteiger partial charge in [0, 0.05) is 0 Å². The zero-order valence-electron chi connectivity index (χ0n) is 5.53. The van der Waals surface area contributed by atoms with E-state index >= 15 is 0 Å². The molecule has 0 radical (unpaired) electrons. The van der Waals surface area contributed by atoms with Crippen LogP contribution < -0.4 is 5.73 Å². The van der Waals surface area contributed by atoms with E-state index in [0.717, 1.165) is 0 Å². The van der Waals surface area contributed by atoms with E-state index in [0.29, 0.717) is 0 Å². The molecule has 0 fully saturated rings. The molecule has 0 aromatic heterocycles. The van der Waals surface area contributed by atoms with Gasteiger partial charge in [0.05, 0.1) is 6.42 Å². The van der Waals surface area contributed by atoms with Crippen molar-refractivity contribution in [3.8, 4) is 0 Å². The van der Waals surface area contributed by atoms with Gasteiger partial charge in [0.1, 0.15) is 6.04 Å². The highest BCUT2D eigenvalue weighted by Gasteiger charge is 2.31. The zero-order chi connectivity index (χ0) is 8.43. The van der Waals surface area contributed by atoms with Crippen molar-refractivity contribution in [1.82, 2.24) is 0 Å². The van der Waals surface area contributed by atoms with Crippen LogP contribution in [-0.4, -0.2) is 28.4 Å². The van der Waals surface area contributed by atoms with Gasteiger partial charge in [-0.25, -0.2) is 0 Å². The van der Waals surface area contributed by atoms with Gasteiger partial charge in [-0.2, -0.15) is 0 Å². The molecule has 1 rings (SSSR count). The second kappa shape index (κ2) is 3.06. The molecule has 6 heteroatoms. The molecule has 11 heavy (non-hydrogen) atoms. The fraction of sp³-hybridized carbons (Fsp3) is 0.600. The van der Waals surface area contributed by atoms with Crippen molar-refractivity contribution in [2.45, 2.75) is 18.6 Å². The summed E-state index contributed by atoms with van der Waals surface area (Å²) in [6.07, 6.45) is -0.805. The first-order valence-electron chi connectivity index (χ1n) is 2.98. The van der Waals surface area contributed by atoms with Crippen LogP contribution in [0.25, 0.3) is 0 Å². The van der Waals surface area contributed by atoms with Crippen molar-refractivity contribution in [2.24, 2.45) is 10.9 Å². The van der Waals surface area contributed by atoms with Crippen LogP contribution in [0.3, 0.4) is 0 Å². The standard InChI is InChI=1S/C5H7ClN2O3/c6-5-4(7)2(11-8-5)1-3(9)10/h2,4H,1,7H2,(H,9,10). The van der Waals surface area contributed by atoms with Gasteiger partial charge in [0.25, 0.3) is 0 Å². The van der Waals surface area contributed by atoms with Crippen LogP contribution in [-0.2, 0) is 9.63 Å². The molecule has 0 spiro atoms. The Morgan fingerprint density at radius 2 is 2.55 bits per heavy atom. The molecule has 1 aliphatic rings. The first kappa shape index (κ1) is 8.29. The third-order valence-corrected chi connectivity index (χ3v) is 1.65. The van der Waals surface area contributed by atoms with Crippen LogP contribution >= 0.6 is 11.6 Å². The maximum Gasteiger partial charge on any atom is 0.307 e. The van der Waals surface area contributed by atoms with E-state index in [4.69, 9.17) is 22.4 Å². The Morgan fingerprint density at radius 3 is 2.91 bits per heavy atom. The molecule has 1 heterocycles. The highest BCUT2D eigenvalue weighted by Crippen LogP contribution is 2.14. The number of nitrogens with zero attached hydrogens (tertiary/aromatic N) is 1. The van der Waals surface area contributed by atoms with Gasteiger partial charge in [0.2, 0.25) is 0 Å². The summed E-state index contributed by atoms with van der Waals surface area (Å²) in [5, 5.41) is 11.8. The monoisotopic (exact) mass is 178 g/mol. The van der Waals surface area contributed by atoms with Crippen LogP contribution in [0.5, 0.6) is 0 Å². The van der Waals surface area contributed by atoms with Gasteiger partial charge in [-0.15, -0.1) is 0 Å². The quantitative estimate of drug-likeness (QED) is 0.610. The maximum atomic E-state index is 10.2. The summed E-state index contributed by atoms with van der Waals surface area (Å²) in [5.74, 6) is -0.980. The number of carbonyl (C=O) groups is 1. The summed E-state index contributed by atoms with van der Waals surface area (Å²) >= 11 is 5.45. The largest absolute Gasteiger partial charge is 0.481 e. The van der Waals surface area contributed by atoms with Gasteiger partial charge in [-0.05, 0) is 0 Å². The SMILES string of the molecule is NC1C(Cl)=NOC1CC(=O)O. The van der Waals surface area contributed by atoms with Crippen molar-refractivity contribution < 1.29 is 14.7 Å². The van der Waals surface area contributed by atoms with E-state index in [9.17, 15) is 4.79 Å². The van der Waals surface area contributed by atoms with Crippen molar-refractivity contribution in [3.05, 3.63) is 0 Å². The van der Waals surface area contributed by atoms with Crippen molar-refractivity contribution in [3.63, 3.8) is 0 Å². The predicted octanol–water partition coefficient (Wildman–Crippen LogP) is -0.261. The van der Waals surface area contributed by atoms with Crippen LogP contribution in [0.4, 0.5) is 0 Å². The molecule has 0 amide bonds. The second-order valence-electron chi connectivity index (χ2n) is 2.18. The third kappa shape index (κ3) is 1.81. The number of hydrogen-bond donors (Lipinski definition) is 2. The molecule has 0 aromatic rings. The predicted molar refractivity (Wildman–Crippen MR) is 38.4 cm³/mol. The van der Waals surface area contributed by atoms with E-state index in [-0.39, 0.29) is 11.6 Å². The molecular weight excluding hydrogens is 172 g/mol. The Bertz CT molecular complexity index is 206. The lowest BCUT2D eigenvalue weighted by molar-refractivity contribution is -0.139. The molecule has 0 saturated heterocycles.